The van der Waals surface area contributed by atoms with Gasteiger partial charge < -0.3 is 4.74 Å². The largest absolute Gasteiger partial charge is 0.476 e. The Kier molecular flexibility index (Phi) is 3.41. The minimum Gasteiger partial charge on any atom is -0.476 e. The van der Waals surface area contributed by atoms with E-state index in [2.05, 4.69) is 4.98 Å². The number of rotatable bonds is 3. The molecule has 76 valence electrons. The molecule has 0 spiro atoms. The van der Waals surface area contributed by atoms with E-state index < -0.39 is 11.6 Å². The van der Waals surface area contributed by atoms with E-state index in [9.17, 15) is 9.18 Å². The SMILES string of the molecule is CCOc1ncc(Cl)c(C(C)=O)c1F. The van der Waals surface area contributed by atoms with Gasteiger partial charge in [0.25, 0.3) is 5.88 Å². The average molecular weight is 218 g/mol. The second kappa shape index (κ2) is 4.37. The highest BCUT2D eigenvalue weighted by molar-refractivity contribution is 6.33. The first-order valence-corrected chi connectivity index (χ1v) is 4.43. The summed E-state index contributed by atoms with van der Waals surface area (Å²) in [6.45, 7) is 3.21. The van der Waals surface area contributed by atoms with Crippen molar-refractivity contribution in [3.05, 3.63) is 22.6 Å². The molecule has 1 rings (SSSR count). The van der Waals surface area contributed by atoms with Crippen LogP contribution in [0.3, 0.4) is 0 Å². The summed E-state index contributed by atoms with van der Waals surface area (Å²) in [4.78, 5) is 14.7. The van der Waals surface area contributed by atoms with Crippen LogP contribution in [-0.4, -0.2) is 17.4 Å². The third-order valence-electron chi connectivity index (χ3n) is 1.57. The molecule has 0 amide bonds. The van der Waals surface area contributed by atoms with Gasteiger partial charge in [-0.2, -0.15) is 0 Å². The van der Waals surface area contributed by atoms with E-state index in [1.54, 1.807) is 6.92 Å². The van der Waals surface area contributed by atoms with Crippen LogP contribution in [0.5, 0.6) is 5.88 Å². The maximum absolute atomic E-state index is 13.5. The van der Waals surface area contributed by atoms with Crippen molar-refractivity contribution in [1.82, 2.24) is 4.98 Å². The minimum absolute atomic E-state index is 0.00143. The fourth-order valence-electron chi connectivity index (χ4n) is 1.01. The van der Waals surface area contributed by atoms with Crippen molar-refractivity contribution >= 4 is 17.4 Å². The summed E-state index contributed by atoms with van der Waals surface area (Å²) in [5, 5.41) is -0.00143. The first-order valence-electron chi connectivity index (χ1n) is 4.05. The molecule has 1 heterocycles. The zero-order valence-corrected chi connectivity index (χ0v) is 8.56. The number of hydrogen-bond acceptors (Lipinski definition) is 3. The Labute approximate surface area is 85.9 Å². The molecular weight excluding hydrogens is 209 g/mol. The third-order valence-corrected chi connectivity index (χ3v) is 1.86. The quantitative estimate of drug-likeness (QED) is 0.731. The number of halogens is 2. The molecule has 1 aromatic rings. The number of nitrogens with zero attached hydrogens (tertiary/aromatic N) is 1. The van der Waals surface area contributed by atoms with Crippen molar-refractivity contribution in [3.8, 4) is 5.88 Å². The van der Waals surface area contributed by atoms with E-state index in [1.807, 2.05) is 0 Å². The van der Waals surface area contributed by atoms with E-state index in [4.69, 9.17) is 16.3 Å². The maximum Gasteiger partial charge on any atom is 0.251 e. The van der Waals surface area contributed by atoms with Gasteiger partial charge in [-0.3, -0.25) is 4.79 Å². The number of pyridine rings is 1. The zero-order valence-electron chi connectivity index (χ0n) is 7.80. The molecule has 0 N–H and O–H groups in total. The van der Waals surface area contributed by atoms with Crippen LogP contribution in [0.1, 0.15) is 24.2 Å². The van der Waals surface area contributed by atoms with Gasteiger partial charge in [0.2, 0.25) is 0 Å². The molecule has 0 atom stereocenters. The minimum atomic E-state index is -0.799. The monoisotopic (exact) mass is 217 g/mol. The lowest BCUT2D eigenvalue weighted by molar-refractivity contribution is 0.101. The predicted octanol–water partition coefficient (Wildman–Crippen LogP) is 2.48. The van der Waals surface area contributed by atoms with Gasteiger partial charge in [0.05, 0.1) is 23.4 Å². The average Bonchev–Trinajstić information content (AvgIpc) is 2.10. The van der Waals surface area contributed by atoms with E-state index in [0.717, 1.165) is 0 Å². The lowest BCUT2D eigenvalue weighted by atomic mass is 10.2. The van der Waals surface area contributed by atoms with Crippen molar-refractivity contribution < 1.29 is 13.9 Å². The number of ether oxygens (including phenoxy) is 1. The van der Waals surface area contributed by atoms with Crippen molar-refractivity contribution in [2.24, 2.45) is 0 Å². The van der Waals surface area contributed by atoms with Crippen LogP contribution in [0.15, 0.2) is 6.20 Å². The summed E-state index contributed by atoms with van der Waals surface area (Å²) in [6.07, 6.45) is 1.20. The van der Waals surface area contributed by atoms with Crippen LogP contribution < -0.4 is 4.74 Å². The van der Waals surface area contributed by atoms with Crippen LogP contribution in [0, 0.1) is 5.82 Å². The number of Topliss-reactive ketones (excluding diaryl/α,β-unsaturated/α-hetero) is 1. The topological polar surface area (TPSA) is 39.2 Å². The van der Waals surface area contributed by atoms with Gasteiger partial charge in [0.15, 0.2) is 11.6 Å². The predicted molar refractivity (Wildman–Crippen MR) is 50.4 cm³/mol. The fraction of sp³-hybridized carbons (Fsp3) is 0.333. The van der Waals surface area contributed by atoms with Crippen molar-refractivity contribution in [2.75, 3.05) is 6.61 Å². The van der Waals surface area contributed by atoms with Gasteiger partial charge in [-0.25, -0.2) is 9.37 Å². The smallest absolute Gasteiger partial charge is 0.251 e. The Morgan fingerprint density at radius 2 is 2.36 bits per heavy atom. The molecule has 0 bridgehead atoms. The summed E-state index contributed by atoms with van der Waals surface area (Å²) in [5.41, 5.74) is -0.176. The maximum atomic E-state index is 13.5. The summed E-state index contributed by atoms with van der Waals surface area (Å²) in [5.74, 6) is -1.44. The van der Waals surface area contributed by atoms with Gasteiger partial charge in [0.1, 0.15) is 0 Å². The fourth-order valence-corrected chi connectivity index (χ4v) is 1.27. The van der Waals surface area contributed by atoms with E-state index >= 15 is 0 Å². The van der Waals surface area contributed by atoms with E-state index in [0.29, 0.717) is 0 Å². The summed E-state index contributed by atoms with van der Waals surface area (Å²) >= 11 is 5.62. The van der Waals surface area contributed by atoms with Crippen LogP contribution in [0.2, 0.25) is 5.02 Å². The Morgan fingerprint density at radius 3 is 2.86 bits per heavy atom. The number of hydrogen-bond donors (Lipinski definition) is 0. The molecule has 0 saturated carbocycles. The lowest BCUT2D eigenvalue weighted by Crippen LogP contribution is -2.04. The second-order valence-corrected chi connectivity index (χ2v) is 3.00. The van der Waals surface area contributed by atoms with Crippen LogP contribution in [0.4, 0.5) is 4.39 Å². The first kappa shape index (κ1) is 10.9. The highest BCUT2D eigenvalue weighted by atomic mass is 35.5. The standard InChI is InChI=1S/C9H9ClFNO2/c1-3-14-9-8(11)7(5(2)13)6(10)4-12-9/h4H,3H2,1-2H3. The molecule has 0 unspecified atom stereocenters. The Morgan fingerprint density at radius 1 is 1.71 bits per heavy atom. The number of carbonyl (C=O) groups is 1. The zero-order chi connectivity index (χ0) is 10.7. The van der Waals surface area contributed by atoms with Crippen LogP contribution in [-0.2, 0) is 0 Å². The summed E-state index contributed by atoms with van der Waals surface area (Å²) in [6, 6.07) is 0. The molecule has 0 aliphatic carbocycles. The molecule has 0 aliphatic heterocycles. The molecule has 5 heteroatoms. The lowest BCUT2D eigenvalue weighted by Gasteiger charge is -2.06. The molecule has 0 saturated heterocycles. The molecule has 0 aliphatic rings. The van der Waals surface area contributed by atoms with Crippen molar-refractivity contribution in [3.63, 3.8) is 0 Å². The molecule has 1 aromatic heterocycles. The molecule has 0 aromatic carbocycles. The van der Waals surface area contributed by atoms with Gasteiger partial charge in [-0.15, -0.1) is 0 Å². The Bertz CT molecular complexity index is 368. The third kappa shape index (κ3) is 2.01. The highest BCUT2D eigenvalue weighted by Gasteiger charge is 2.18. The number of carbonyl (C=O) groups excluding carboxylic acids is 1. The molecule has 3 nitrogen and oxygen atoms in total. The summed E-state index contributed by atoms with van der Waals surface area (Å²) in [7, 11) is 0. The van der Waals surface area contributed by atoms with Gasteiger partial charge in [-0.1, -0.05) is 11.6 Å². The molecular formula is C9H9ClFNO2. The molecule has 14 heavy (non-hydrogen) atoms. The summed E-state index contributed by atoms with van der Waals surface area (Å²) < 4.78 is 18.4. The van der Waals surface area contributed by atoms with E-state index in [-0.39, 0.29) is 23.1 Å². The second-order valence-electron chi connectivity index (χ2n) is 2.59. The van der Waals surface area contributed by atoms with Crippen molar-refractivity contribution in [1.29, 1.82) is 0 Å². The molecule has 0 fully saturated rings. The Hall–Kier alpha value is -1.16. The Balaban J connectivity index is 3.26. The number of aromatic nitrogens is 1. The number of ketones is 1. The van der Waals surface area contributed by atoms with Crippen molar-refractivity contribution in [2.45, 2.75) is 13.8 Å². The van der Waals surface area contributed by atoms with Gasteiger partial charge >= 0.3 is 0 Å². The highest BCUT2D eigenvalue weighted by Crippen LogP contribution is 2.24. The van der Waals surface area contributed by atoms with Crippen LogP contribution in [0.25, 0.3) is 0 Å². The first-order chi connectivity index (χ1) is 6.57. The molecule has 0 radical (unpaired) electrons. The van der Waals surface area contributed by atoms with Gasteiger partial charge in [0, 0.05) is 0 Å². The van der Waals surface area contributed by atoms with Gasteiger partial charge in [-0.05, 0) is 13.8 Å². The van der Waals surface area contributed by atoms with Crippen LogP contribution >= 0.6 is 11.6 Å². The normalized spacial score (nSPS) is 10.0. The van der Waals surface area contributed by atoms with E-state index in [1.165, 1.54) is 13.1 Å².